The Bertz CT molecular complexity index is 695. The van der Waals surface area contributed by atoms with Crippen LogP contribution in [0.2, 0.25) is 5.02 Å². The largest absolute Gasteiger partial charge is 0.478 e. The van der Waals surface area contributed by atoms with Gasteiger partial charge in [0.25, 0.3) is 0 Å². The van der Waals surface area contributed by atoms with Crippen LogP contribution in [-0.2, 0) is 11.2 Å². The highest BCUT2D eigenvalue weighted by molar-refractivity contribution is 6.31. The molecule has 1 atom stereocenters. The van der Waals surface area contributed by atoms with Gasteiger partial charge < -0.3 is 9.84 Å². The number of carboxylic acids is 1. The summed E-state index contributed by atoms with van der Waals surface area (Å²) in [6.45, 7) is 6.02. The van der Waals surface area contributed by atoms with Crippen molar-refractivity contribution in [1.29, 1.82) is 0 Å². The van der Waals surface area contributed by atoms with Crippen LogP contribution in [0.4, 0.5) is 0 Å². The molecule has 4 heteroatoms. The summed E-state index contributed by atoms with van der Waals surface area (Å²) in [4.78, 5) is 11.6. The predicted molar refractivity (Wildman–Crippen MR) is 92.5 cm³/mol. The first-order chi connectivity index (χ1) is 10.9. The van der Waals surface area contributed by atoms with E-state index in [4.69, 9.17) is 16.3 Å². The second-order valence-electron chi connectivity index (χ2n) is 5.92. The molecule has 2 aromatic rings. The van der Waals surface area contributed by atoms with E-state index in [1.54, 1.807) is 6.07 Å². The summed E-state index contributed by atoms with van der Waals surface area (Å²) in [6.07, 6.45) is -0.685. The molecule has 0 heterocycles. The maximum absolute atomic E-state index is 11.6. The molecule has 0 radical (unpaired) electrons. The minimum atomic E-state index is -0.986. The first-order valence-electron chi connectivity index (χ1n) is 7.62. The zero-order valence-corrected chi connectivity index (χ0v) is 14.3. The van der Waals surface area contributed by atoms with Crippen molar-refractivity contribution in [1.82, 2.24) is 0 Å². The Morgan fingerprint density at radius 3 is 2.52 bits per heavy atom. The molecular formula is C19H21ClO3. The third kappa shape index (κ3) is 4.49. The second-order valence-corrected chi connectivity index (χ2v) is 6.33. The third-order valence-corrected chi connectivity index (χ3v) is 4.15. The molecule has 3 nitrogen and oxygen atoms in total. The monoisotopic (exact) mass is 332 g/mol. The van der Waals surface area contributed by atoms with E-state index < -0.39 is 12.1 Å². The molecule has 23 heavy (non-hydrogen) atoms. The van der Waals surface area contributed by atoms with Crippen molar-refractivity contribution in [2.45, 2.75) is 39.2 Å². The summed E-state index contributed by atoms with van der Waals surface area (Å²) in [5, 5.41) is 10.1. The number of hydrogen-bond acceptors (Lipinski definition) is 2. The van der Waals surface area contributed by atoms with Gasteiger partial charge in [-0.15, -0.1) is 0 Å². The van der Waals surface area contributed by atoms with Crippen molar-refractivity contribution >= 4 is 17.6 Å². The fourth-order valence-electron chi connectivity index (χ4n) is 2.37. The Kier molecular flexibility index (Phi) is 5.67. The van der Waals surface area contributed by atoms with E-state index in [9.17, 15) is 9.90 Å². The average molecular weight is 333 g/mol. The van der Waals surface area contributed by atoms with Crippen molar-refractivity contribution < 1.29 is 14.6 Å². The highest BCUT2D eigenvalue weighted by atomic mass is 35.5. The number of aryl methyl sites for hydroxylation is 1. The maximum atomic E-state index is 11.6. The molecule has 0 aliphatic heterocycles. The molecule has 0 fully saturated rings. The first-order valence-corrected chi connectivity index (χ1v) is 7.99. The number of para-hydroxylation sites is 1. The Morgan fingerprint density at radius 2 is 1.91 bits per heavy atom. The molecule has 0 bridgehead atoms. The minimum Gasteiger partial charge on any atom is -0.478 e. The summed E-state index contributed by atoms with van der Waals surface area (Å²) < 4.78 is 5.80. The smallest absolute Gasteiger partial charge is 0.345 e. The summed E-state index contributed by atoms with van der Waals surface area (Å²) >= 11 is 6.12. The lowest BCUT2D eigenvalue weighted by Crippen LogP contribution is -2.29. The summed E-state index contributed by atoms with van der Waals surface area (Å²) in [5.74, 6) is -0.108. The third-order valence-electron chi connectivity index (χ3n) is 3.74. The number of hydrogen-bond donors (Lipinski definition) is 1. The molecule has 0 aliphatic carbocycles. The SMILES string of the molecule is Cc1ccc(C[C@H](Oc2ccccc2C(C)C)C(=O)O)cc1Cl. The van der Waals surface area contributed by atoms with Crippen LogP contribution in [0.25, 0.3) is 0 Å². The minimum absolute atomic E-state index is 0.259. The Labute approximate surface area is 141 Å². The molecule has 2 aromatic carbocycles. The van der Waals surface area contributed by atoms with Crippen LogP contribution in [0.1, 0.15) is 36.5 Å². The molecule has 0 aliphatic rings. The summed E-state index contributed by atoms with van der Waals surface area (Å²) in [5.41, 5.74) is 2.81. The summed E-state index contributed by atoms with van der Waals surface area (Å²) in [6, 6.07) is 13.1. The molecule has 122 valence electrons. The zero-order valence-electron chi connectivity index (χ0n) is 13.5. The number of halogens is 1. The second kappa shape index (κ2) is 7.51. The quantitative estimate of drug-likeness (QED) is 0.822. The standard InChI is InChI=1S/C19H21ClO3/c1-12(2)15-6-4-5-7-17(15)23-18(19(21)22)11-14-9-8-13(3)16(20)10-14/h4-10,12,18H,11H2,1-3H3,(H,21,22)/t18-/m0/s1. The lowest BCUT2D eigenvalue weighted by molar-refractivity contribution is -0.145. The fourth-order valence-corrected chi connectivity index (χ4v) is 2.58. The van der Waals surface area contributed by atoms with Gasteiger partial charge in [0.15, 0.2) is 6.10 Å². The van der Waals surface area contributed by atoms with Crippen LogP contribution in [-0.4, -0.2) is 17.2 Å². The van der Waals surface area contributed by atoms with Gasteiger partial charge in [0, 0.05) is 11.4 Å². The number of ether oxygens (including phenoxy) is 1. The van der Waals surface area contributed by atoms with E-state index in [1.807, 2.05) is 43.3 Å². The fraction of sp³-hybridized carbons (Fsp3) is 0.316. The Balaban J connectivity index is 2.23. The van der Waals surface area contributed by atoms with Crippen LogP contribution >= 0.6 is 11.6 Å². The average Bonchev–Trinajstić information content (AvgIpc) is 2.50. The van der Waals surface area contributed by atoms with Crippen molar-refractivity contribution in [2.24, 2.45) is 0 Å². The van der Waals surface area contributed by atoms with E-state index in [0.717, 1.165) is 16.7 Å². The molecule has 0 amide bonds. The first kappa shape index (κ1) is 17.4. The topological polar surface area (TPSA) is 46.5 Å². The van der Waals surface area contributed by atoms with Gasteiger partial charge in [-0.3, -0.25) is 0 Å². The van der Waals surface area contributed by atoms with Crippen molar-refractivity contribution in [3.8, 4) is 5.75 Å². The van der Waals surface area contributed by atoms with Gasteiger partial charge in [-0.05, 0) is 41.7 Å². The van der Waals surface area contributed by atoms with Gasteiger partial charge in [-0.2, -0.15) is 0 Å². The zero-order chi connectivity index (χ0) is 17.0. The number of carboxylic acid groups (broad SMARTS) is 1. The number of benzene rings is 2. The number of rotatable bonds is 6. The number of carbonyl (C=O) groups is 1. The van der Waals surface area contributed by atoms with Gasteiger partial charge in [0.05, 0.1) is 0 Å². The van der Waals surface area contributed by atoms with E-state index in [1.165, 1.54) is 0 Å². The highest BCUT2D eigenvalue weighted by Gasteiger charge is 2.22. The molecule has 0 saturated heterocycles. The molecule has 2 rings (SSSR count). The van der Waals surface area contributed by atoms with Crippen molar-refractivity contribution in [3.63, 3.8) is 0 Å². The van der Waals surface area contributed by atoms with Crippen molar-refractivity contribution in [2.75, 3.05) is 0 Å². The highest BCUT2D eigenvalue weighted by Crippen LogP contribution is 2.27. The summed E-state index contributed by atoms with van der Waals surface area (Å²) in [7, 11) is 0. The van der Waals surface area contributed by atoms with Gasteiger partial charge >= 0.3 is 5.97 Å². The molecule has 0 spiro atoms. The van der Waals surface area contributed by atoms with E-state index in [2.05, 4.69) is 13.8 Å². The van der Waals surface area contributed by atoms with Crippen LogP contribution < -0.4 is 4.74 Å². The van der Waals surface area contributed by atoms with Crippen LogP contribution in [0.15, 0.2) is 42.5 Å². The predicted octanol–water partition coefficient (Wildman–Crippen LogP) is 4.85. The molecule has 0 aromatic heterocycles. The van der Waals surface area contributed by atoms with E-state index >= 15 is 0 Å². The van der Waals surface area contributed by atoms with Crippen LogP contribution in [0, 0.1) is 6.92 Å². The van der Waals surface area contributed by atoms with Crippen LogP contribution in [0.3, 0.4) is 0 Å². The maximum Gasteiger partial charge on any atom is 0.345 e. The van der Waals surface area contributed by atoms with Crippen LogP contribution in [0.5, 0.6) is 5.75 Å². The molecule has 0 unspecified atom stereocenters. The molecule has 0 saturated carbocycles. The van der Waals surface area contributed by atoms with Gasteiger partial charge in [-0.25, -0.2) is 4.79 Å². The number of aliphatic carboxylic acids is 1. The Hall–Kier alpha value is -2.00. The van der Waals surface area contributed by atoms with Gasteiger partial charge in [0.1, 0.15) is 5.75 Å². The van der Waals surface area contributed by atoms with Gasteiger partial charge in [-0.1, -0.05) is 55.8 Å². The van der Waals surface area contributed by atoms with E-state index in [-0.39, 0.29) is 12.3 Å². The normalized spacial score (nSPS) is 12.2. The Morgan fingerprint density at radius 1 is 1.22 bits per heavy atom. The van der Waals surface area contributed by atoms with Crippen molar-refractivity contribution in [3.05, 3.63) is 64.2 Å². The van der Waals surface area contributed by atoms with E-state index in [0.29, 0.717) is 10.8 Å². The molecular weight excluding hydrogens is 312 g/mol. The lowest BCUT2D eigenvalue weighted by atomic mass is 10.0. The van der Waals surface area contributed by atoms with Gasteiger partial charge in [0.2, 0.25) is 0 Å². The lowest BCUT2D eigenvalue weighted by Gasteiger charge is -2.19. The molecule has 1 N–H and O–H groups in total.